The maximum Gasteiger partial charge on any atom is 0.233 e. The van der Waals surface area contributed by atoms with E-state index in [1.807, 2.05) is 19.1 Å². The van der Waals surface area contributed by atoms with Crippen LogP contribution in [0.25, 0.3) is 0 Å². The van der Waals surface area contributed by atoms with Crippen molar-refractivity contribution >= 4 is 15.7 Å². The topological polar surface area (TPSA) is 49.4 Å². The Hall–Kier alpha value is -1.07. The molecule has 0 aliphatic carbocycles. The molecule has 1 aromatic rings. The molecule has 0 bridgehead atoms. The van der Waals surface area contributed by atoms with Gasteiger partial charge in [0.15, 0.2) is 0 Å². The van der Waals surface area contributed by atoms with Crippen LogP contribution >= 0.6 is 0 Å². The summed E-state index contributed by atoms with van der Waals surface area (Å²) in [6, 6.07) is 7.39. The van der Waals surface area contributed by atoms with Gasteiger partial charge in [-0.1, -0.05) is 17.7 Å². The van der Waals surface area contributed by atoms with E-state index in [1.165, 1.54) is 12.8 Å². The van der Waals surface area contributed by atoms with Crippen molar-refractivity contribution in [3.8, 4) is 0 Å². The molecule has 1 saturated heterocycles. The summed E-state index contributed by atoms with van der Waals surface area (Å²) in [7, 11) is -3.23. The average Bonchev–Trinajstić information content (AvgIpc) is 2.83. The molecule has 1 aliphatic rings. The Morgan fingerprint density at radius 3 is 2.39 bits per heavy atom. The second kappa shape index (κ2) is 5.71. The lowest BCUT2D eigenvalue weighted by molar-refractivity contribution is 0.359. The van der Waals surface area contributed by atoms with Gasteiger partial charge in [-0.05, 0) is 45.0 Å². The number of aryl methyl sites for hydroxylation is 1. The van der Waals surface area contributed by atoms with Gasteiger partial charge in [0, 0.05) is 12.2 Å². The highest BCUT2D eigenvalue weighted by Crippen LogP contribution is 2.12. The largest absolute Gasteiger partial charge is 0.302 e. The highest BCUT2D eigenvalue weighted by molar-refractivity contribution is 7.92. The Kier molecular flexibility index (Phi) is 4.24. The lowest BCUT2D eigenvalue weighted by Crippen LogP contribution is -2.29. The summed E-state index contributed by atoms with van der Waals surface area (Å²) in [5.41, 5.74) is 1.76. The van der Waals surface area contributed by atoms with E-state index in [1.54, 1.807) is 12.1 Å². The summed E-state index contributed by atoms with van der Waals surface area (Å²) in [4.78, 5) is 2.20. The van der Waals surface area contributed by atoms with Crippen LogP contribution in [-0.4, -0.2) is 38.7 Å². The SMILES string of the molecule is Cc1ccc(NS(=O)(=O)CCN2CCCC2)cc1. The molecule has 100 valence electrons. The van der Waals surface area contributed by atoms with Crippen LogP contribution in [0.5, 0.6) is 0 Å². The maximum atomic E-state index is 11.9. The van der Waals surface area contributed by atoms with Crippen molar-refractivity contribution in [3.05, 3.63) is 29.8 Å². The summed E-state index contributed by atoms with van der Waals surface area (Å²) >= 11 is 0. The van der Waals surface area contributed by atoms with Crippen LogP contribution < -0.4 is 4.72 Å². The van der Waals surface area contributed by atoms with Gasteiger partial charge in [-0.2, -0.15) is 0 Å². The van der Waals surface area contributed by atoms with Crippen molar-refractivity contribution in [1.29, 1.82) is 0 Å². The molecule has 0 spiro atoms. The average molecular weight is 268 g/mol. The van der Waals surface area contributed by atoms with Crippen molar-refractivity contribution in [2.45, 2.75) is 19.8 Å². The molecule has 1 aliphatic heterocycles. The molecule has 4 nitrogen and oxygen atoms in total. The summed E-state index contributed by atoms with van der Waals surface area (Å²) in [5, 5.41) is 0. The molecule has 18 heavy (non-hydrogen) atoms. The molecular formula is C13H20N2O2S. The number of nitrogens with zero attached hydrogens (tertiary/aromatic N) is 1. The molecular weight excluding hydrogens is 248 g/mol. The number of benzene rings is 1. The van der Waals surface area contributed by atoms with Crippen LogP contribution in [0.1, 0.15) is 18.4 Å². The van der Waals surface area contributed by atoms with Crippen molar-refractivity contribution in [2.75, 3.05) is 30.1 Å². The predicted octanol–water partition coefficient (Wildman–Crippen LogP) is 1.83. The number of sulfonamides is 1. The zero-order valence-corrected chi connectivity index (χ0v) is 11.5. The Bertz CT molecular complexity index is 476. The van der Waals surface area contributed by atoms with E-state index in [0.29, 0.717) is 12.2 Å². The van der Waals surface area contributed by atoms with Gasteiger partial charge in [-0.25, -0.2) is 8.42 Å². The van der Waals surface area contributed by atoms with Crippen LogP contribution in [0.15, 0.2) is 24.3 Å². The lowest BCUT2D eigenvalue weighted by atomic mass is 10.2. The smallest absolute Gasteiger partial charge is 0.233 e. The van der Waals surface area contributed by atoms with Crippen LogP contribution in [0.3, 0.4) is 0 Å². The third-order valence-electron chi connectivity index (χ3n) is 3.20. The van der Waals surface area contributed by atoms with Crippen LogP contribution in [-0.2, 0) is 10.0 Å². The predicted molar refractivity (Wildman–Crippen MR) is 74.3 cm³/mol. The normalized spacial score (nSPS) is 16.9. The van der Waals surface area contributed by atoms with Gasteiger partial charge < -0.3 is 4.90 Å². The number of hydrogen-bond donors (Lipinski definition) is 1. The van der Waals surface area contributed by atoms with E-state index in [2.05, 4.69) is 9.62 Å². The van der Waals surface area contributed by atoms with Crippen molar-refractivity contribution in [2.24, 2.45) is 0 Å². The molecule has 1 N–H and O–H groups in total. The van der Waals surface area contributed by atoms with Gasteiger partial charge >= 0.3 is 0 Å². The minimum Gasteiger partial charge on any atom is -0.302 e. The number of rotatable bonds is 5. The van der Waals surface area contributed by atoms with E-state index >= 15 is 0 Å². The second-order valence-corrected chi connectivity index (χ2v) is 6.68. The molecule has 1 aromatic carbocycles. The summed E-state index contributed by atoms with van der Waals surface area (Å²) in [6.45, 7) is 4.66. The zero-order valence-electron chi connectivity index (χ0n) is 10.7. The Labute approximate surface area is 109 Å². The number of anilines is 1. The quantitative estimate of drug-likeness (QED) is 0.886. The lowest BCUT2D eigenvalue weighted by Gasteiger charge is -2.15. The molecule has 1 fully saturated rings. The van der Waals surface area contributed by atoms with Gasteiger partial charge in [0.1, 0.15) is 0 Å². The number of likely N-dealkylation sites (tertiary alicyclic amines) is 1. The van der Waals surface area contributed by atoms with E-state index in [0.717, 1.165) is 18.7 Å². The van der Waals surface area contributed by atoms with Gasteiger partial charge in [0.25, 0.3) is 0 Å². The highest BCUT2D eigenvalue weighted by atomic mass is 32.2. The summed E-state index contributed by atoms with van der Waals surface area (Å²) in [5.74, 6) is 0.168. The summed E-state index contributed by atoms with van der Waals surface area (Å²) < 4.78 is 26.4. The standard InChI is InChI=1S/C13H20N2O2S/c1-12-4-6-13(7-5-12)14-18(16,17)11-10-15-8-2-3-9-15/h4-7,14H,2-3,8-11H2,1H3. The van der Waals surface area contributed by atoms with E-state index in [9.17, 15) is 8.42 Å². The molecule has 0 radical (unpaired) electrons. The Balaban J connectivity index is 1.88. The van der Waals surface area contributed by atoms with E-state index in [-0.39, 0.29) is 5.75 Å². The van der Waals surface area contributed by atoms with E-state index in [4.69, 9.17) is 0 Å². The van der Waals surface area contributed by atoms with Crippen LogP contribution in [0, 0.1) is 6.92 Å². The Morgan fingerprint density at radius 1 is 1.17 bits per heavy atom. The van der Waals surface area contributed by atoms with Crippen molar-refractivity contribution in [1.82, 2.24) is 4.90 Å². The van der Waals surface area contributed by atoms with Crippen molar-refractivity contribution < 1.29 is 8.42 Å². The first-order valence-corrected chi connectivity index (χ1v) is 8.00. The van der Waals surface area contributed by atoms with Crippen molar-refractivity contribution in [3.63, 3.8) is 0 Å². The molecule has 0 atom stereocenters. The molecule has 2 rings (SSSR count). The molecule has 0 unspecified atom stereocenters. The highest BCUT2D eigenvalue weighted by Gasteiger charge is 2.16. The van der Waals surface area contributed by atoms with Gasteiger partial charge in [-0.15, -0.1) is 0 Å². The molecule has 0 aromatic heterocycles. The molecule has 0 saturated carbocycles. The van der Waals surface area contributed by atoms with Crippen LogP contribution in [0.2, 0.25) is 0 Å². The third-order valence-corrected chi connectivity index (χ3v) is 4.47. The maximum absolute atomic E-state index is 11.9. The first-order valence-electron chi connectivity index (χ1n) is 6.35. The summed E-state index contributed by atoms with van der Waals surface area (Å²) in [6.07, 6.45) is 2.37. The molecule has 5 heteroatoms. The molecule has 1 heterocycles. The zero-order chi connectivity index (χ0) is 13.0. The van der Waals surface area contributed by atoms with Gasteiger partial charge in [-0.3, -0.25) is 4.72 Å². The second-order valence-electron chi connectivity index (χ2n) is 4.84. The monoisotopic (exact) mass is 268 g/mol. The first kappa shape index (κ1) is 13.4. The number of nitrogens with one attached hydrogen (secondary N) is 1. The number of hydrogen-bond acceptors (Lipinski definition) is 3. The van der Waals surface area contributed by atoms with Gasteiger partial charge in [0.05, 0.1) is 5.75 Å². The van der Waals surface area contributed by atoms with Crippen LogP contribution in [0.4, 0.5) is 5.69 Å². The fourth-order valence-corrected chi connectivity index (χ4v) is 3.20. The van der Waals surface area contributed by atoms with Gasteiger partial charge in [0.2, 0.25) is 10.0 Å². The minimum absolute atomic E-state index is 0.168. The van der Waals surface area contributed by atoms with E-state index < -0.39 is 10.0 Å². The first-order chi connectivity index (χ1) is 8.55. The molecule has 0 amide bonds. The fraction of sp³-hybridized carbons (Fsp3) is 0.538. The Morgan fingerprint density at radius 2 is 1.78 bits per heavy atom. The fourth-order valence-electron chi connectivity index (χ4n) is 2.11. The minimum atomic E-state index is -3.23. The third kappa shape index (κ3) is 3.99.